The third kappa shape index (κ3) is 5.01. The van der Waals surface area contributed by atoms with Crippen LogP contribution in [0.25, 0.3) is 79.1 Å². The van der Waals surface area contributed by atoms with Gasteiger partial charge in [-0.15, -0.1) is 0 Å². The van der Waals surface area contributed by atoms with Crippen molar-refractivity contribution >= 4 is 10.8 Å². The van der Waals surface area contributed by atoms with Gasteiger partial charge in [-0.05, 0) is 70.9 Å². The molecule has 0 saturated heterocycles. The van der Waals surface area contributed by atoms with E-state index in [1.807, 2.05) is 60.7 Å². The Balaban J connectivity index is 0.983. The molecule has 0 amide bonds. The first kappa shape index (κ1) is 30.2. The number of benzene rings is 6. The molecule has 2 unspecified atom stereocenters. The summed E-state index contributed by atoms with van der Waals surface area (Å²) in [6.45, 7) is 0. The van der Waals surface area contributed by atoms with Gasteiger partial charge in [0.15, 0.2) is 34.9 Å². The Morgan fingerprint density at radius 2 is 0.774 bits per heavy atom. The van der Waals surface area contributed by atoms with Crippen molar-refractivity contribution in [3.63, 3.8) is 0 Å². The van der Waals surface area contributed by atoms with Crippen LogP contribution in [0.1, 0.15) is 24.8 Å². The Labute approximate surface area is 307 Å². The minimum atomic E-state index is 0.376. The molecule has 0 aliphatic heterocycles. The van der Waals surface area contributed by atoms with E-state index in [4.69, 9.17) is 29.9 Å². The molecule has 3 aliphatic rings. The predicted octanol–water partition coefficient (Wildman–Crippen LogP) is 10.5. The molecule has 53 heavy (non-hydrogen) atoms. The molecular formula is C47H34N6. The molecule has 6 nitrogen and oxygen atoms in total. The molecule has 3 aliphatic carbocycles. The summed E-state index contributed by atoms with van der Waals surface area (Å²) in [6, 6.07) is 52.1. The monoisotopic (exact) mass is 682 g/mol. The second-order valence-corrected chi connectivity index (χ2v) is 14.9. The molecule has 0 N–H and O–H groups in total. The summed E-state index contributed by atoms with van der Waals surface area (Å²) in [5, 5.41) is 2.32. The van der Waals surface area contributed by atoms with Gasteiger partial charge in [0.1, 0.15) is 0 Å². The summed E-state index contributed by atoms with van der Waals surface area (Å²) in [7, 11) is 0. The second kappa shape index (κ2) is 11.8. The van der Waals surface area contributed by atoms with Gasteiger partial charge in [0.25, 0.3) is 0 Å². The van der Waals surface area contributed by atoms with Crippen molar-refractivity contribution in [2.24, 2.45) is 17.8 Å². The highest BCUT2D eigenvalue weighted by molar-refractivity contribution is 5.86. The zero-order chi connectivity index (χ0) is 34.9. The molecule has 2 aromatic heterocycles. The van der Waals surface area contributed by atoms with Crippen LogP contribution in [0.5, 0.6) is 0 Å². The third-order valence-corrected chi connectivity index (χ3v) is 12.0. The van der Waals surface area contributed by atoms with E-state index in [2.05, 4.69) is 91.0 Å². The van der Waals surface area contributed by atoms with Gasteiger partial charge in [0.2, 0.25) is 0 Å². The molecule has 252 valence electrons. The fourth-order valence-corrected chi connectivity index (χ4v) is 9.36. The van der Waals surface area contributed by atoms with Gasteiger partial charge < -0.3 is 0 Å². The molecule has 8 aromatic rings. The van der Waals surface area contributed by atoms with Crippen molar-refractivity contribution in [3.05, 3.63) is 157 Å². The van der Waals surface area contributed by atoms with E-state index >= 15 is 0 Å². The van der Waals surface area contributed by atoms with Crippen LogP contribution in [0.15, 0.2) is 152 Å². The van der Waals surface area contributed by atoms with E-state index in [0.29, 0.717) is 40.4 Å². The van der Waals surface area contributed by atoms with Crippen LogP contribution in [-0.4, -0.2) is 29.9 Å². The van der Waals surface area contributed by atoms with Crippen LogP contribution in [-0.2, 0) is 5.41 Å². The van der Waals surface area contributed by atoms with Crippen LogP contribution < -0.4 is 0 Å². The first-order valence-electron chi connectivity index (χ1n) is 18.5. The molecule has 11 rings (SSSR count). The standard InChI is InChI=1S/C47H34N6/c1-3-11-30(12-4-1)41-48-43(52-45(50-41)35-16-9-17-39(26-35)47-27-37-25-38(28-47)40(37)47)32-19-21-33(22-20-32)44-49-42(31-13-5-2-6-14-31)51-46(53-44)36-23-18-29-10-7-8-15-34(29)24-36/h1-24,26,37-38,40H,25,27-28H2. The van der Waals surface area contributed by atoms with Gasteiger partial charge >= 0.3 is 0 Å². The van der Waals surface area contributed by atoms with Crippen molar-refractivity contribution in [1.82, 2.24) is 29.9 Å². The van der Waals surface area contributed by atoms with E-state index in [0.717, 1.165) is 56.5 Å². The number of aromatic nitrogens is 6. The molecule has 0 bridgehead atoms. The van der Waals surface area contributed by atoms with Crippen molar-refractivity contribution < 1.29 is 0 Å². The van der Waals surface area contributed by atoms with Crippen LogP contribution >= 0.6 is 0 Å². The average molecular weight is 683 g/mol. The molecule has 0 spiro atoms. The zero-order valence-electron chi connectivity index (χ0n) is 29.0. The normalized spacial score (nSPS) is 20.9. The maximum Gasteiger partial charge on any atom is 0.164 e. The van der Waals surface area contributed by atoms with Gasteiger partial charge in [-0.2, -0.15) is 0 Å². The van der Waals surface area contributed by atoms with Gasteiger partial charge in [0, 0.05) is 33.4 Å². The lowest BCUT2D eigenvalue weighted by Crippen LogP contribution is -2.71. The summed E-state index contributed by atoms with van der Waals surface area (Å²) >= 11 is 0. The van der Waals surface area contributed by atoms with Gasteiger partial charge in [-0.1, -0.05) is 140 Å². The number of hydrogen-bond acceptors (Lipinski definition) is 6. The third-order valence-electron chi connectivity index (χ3n) is 12.0. The maximum absolute atomic E-state index is 5.10. The fourth-order valence-electron chi connectivity index (χ4n) is 9.36. The Bertz CT molecular complexity index is 2660. The quantitative estimate of drug-likeness (QED) is 0.167. The smallest absolute Gasteiger partial charge is 0.164 e. The van der Waals surface area contributed by atoms with Crippen LogP contribution in [0, 0.1) is 17.8 Å². The summed E-state index contributed by atoms with van der Waals surface area (Å²) in [6.07, 6.45) is 4.11. The highest BCUT2D eigenvalue weighted by Gasteiger charge is 2.71. The number of hydrogen-bond donors (Lipinski definition) is 0. The second-order valence-electron chi connectivity index (χ2n) is 14.9. The molecule has 6 aromatic carbocycles. The van der Waals surface area contributed by atoms with Crippen molar-refractivity contribution in [1.29, 1.82) is 0 Å². The fraction of sp³-hybridized carbons (Fsp3) is 0.149. The minimum Gasteiger partial charge on any atom is -0.208 e. The molecule has 2 heterocycles. The highest BCUT2D eigenvalue weighted by Crippen LogP contribution is 2.77. The number of rotatable bonds is 7. The number of fused-ring (bicyclic) bond motifs is 1. The minimum absolute atomic E-state index is 0.376. The van der Waals surface area contributed by atoms with E-state index in [-0.39, 0.29) is 0 Å². The molecular weight excluding hydrogens is 649 g/mol. The van der Waals surface area contributed by atoms with Gasteiger partial charge in [0.05, 0.1) is 0 Å². The SMILES string of the molecule is c1ccc(-c2nc(-c3ccc(-c4nc(-c5ccccc5)nc(-c5ccc6ccccc6c5)n4)cc3)nc(-c3cccc(C45CC6CC(C4)C65)c3)n2)cc1. The van der Waals surface area contributed by atoms with Crippen LogP contribution in [0.4, 0.5) is 0 Å². The summed E-state index contributed by atoms with van der Waals surface area (Å²) in [4.78, 5) is 30.1. The van der Waals surface area contributed by atoms with E-state index in [1.54, 1.807) is 0 Å². The van der Waals surface area contributed by atoms with Crippen molar-refractivity contribution in [2.45, 2.75) is 24.7 Å². The number of nitrogens with zero attached hydrogens (tertiary/aromatic N) is 6. The van der Waals surface area contributed by atoms with Crippen LogP contribution in [0.3, 0.4) is 0 Å². The average Bonchev–Trinajstić information content (AvgIpc) is 3.23. The first-order chi connectivity index (χ1) is 26.2. The summed E-state index contributed by atoms with van der Waals surface area (Å²) in [5.74, 6) is 6.64. The Hall–Kier alpha value is -6.40. The van der Waals surface area contributed by atoms with Crippen LogP contribution in [0.2, 0.25) is 0 Å². The van der Waals surface area contributed by atoms with Crippen molar-refractivity contribution in [3.8, 4) is 68.3 Å². The topological polar surface area (TPSA) is 77.3 Å². The van der Waals surface area contributed by atoms with Crippen molar-refractivity contribution in [2.75, 3.05) is 0 Å². The van der Waals surface area contributed by atoms with E-state index < -0.39 is 0 Å². The zero-order valence-corrected chi connectivity index (χ0v) is 29.0. The lowest BCUT2D eigenvalue weighted by Gasteiger charge is -2.76. The van der Waals surface area contributed by atoms with E-state index in [1.165, 1.54) is 30.2 Å². The lowest BCUT2D eigenvalue weighted by molar-refractivity contribution is -0.219. The molecule has 2 atom stereocenters. The first-order valence-corrected chi connectivity index (χ1v) is 18.5. The predicted molar refractivity (Wildman–Crippen MR) is 209 cm³/mol. The van der Waals surface area contributed by atoms with Gasteiger partial charge in [-0.25, -0.2) is 29.9 Å². The Morgan fingerprint density at radius 1 is 0.358 bits per heavy atom. The molecule has 6 heteroatoms. The van der Waals surface area contributed by atoms with Gasteiger partial charge in [-0.3, -0.25) is 0 Å². The van der Waals surface area contributed by atoms with E-state index in [9.17, 15) is 0 Å². The highest BCUT2D eigenvalue weighted by atomic mass is 15.0. The Kier molecular flexibility index (Phi) is 6.75. The summed E-state index contributed by atoms with van der Waals surface area (Å²) in [5.41, 5.74) is 7.49. The molecule has 3 saturated carbocycles. The largest absolute Gasteiger partial charge is 0.208 e. The lowest BCUT2D eigenvalue weighted by atomic mass is 9.28. The molecule has 3 fully saturated rings. The maximum atomic E-state index is 5.10. The Morgan fingerprint density at radius 3 is 1.28 bits per heavy atom. The molecule has 0 radical (unpaired) electrons. The summed E-state index contributed by atoms with van der Waals surface area (Å²) < 4.78 is 0.